The lowest BCUT2D eigenvalue weighted by molar-refractivity contribution is -0.131. The molecule has 0 N–H and O–H groups in total. The summed E-state index contributed by atoms with van der Waals surface area (Å²) in [4.78, 5) is 14.7. The van der Waals surface area contributed by atoms with Gasteiger partial charge in [-0.15, -0.1) is 10.2 Å². The molecular weight excluding hydrogens is 332 g/mol. The molecule has 2 aromatic rings. The van der Waals surface area contributed by atoms with Crippen LogP contribution in [0.4, 0.5) is 0 Å². The molecule has 1 aromatic heterocycles. The molecule has 0 aliphatic heterocycles. The van der Waals surface area contributed by atoms with Crippen LogP contribution in [0.5, 0.6) is 0 Å². The number of nitrogens with zero attached hydrogens (tertiary/aromatic N) is 4. The third kappa shape index (κ3) is 4.06. The standard InChI is InChI=1S/C19H26N4OS/c1-14(18(24)22(2)16-12-8-5-9-13-16)25-19-21-20-17(23(19)3)15-10-6-4-7-11-15/h4,6-7,10-11,14,16H,5,8-9,12-13H2,1-3H3. The number of benzene rings is 1. The van der Waals surface area contributed by atoms with Gasteiger partial charge in [0.05, 0.1) is 5.25 Å². The van der Waals surface area contributed by atoms with Crippen LogP contribution in [-0.4, -0.2) is 43.9 Å². The normalized spacial score (nSPS) is 16.6. The highest BCUT2D eigenvalue weighted by Crippen LogP contribution is 2.28. The van der Waals surface area contributed by atoms with E-state index in [0.29, 0.717) is 6.04 Å². The molecule has 0 saturated heterocycles. The molecule has 1 aliphatic carbocycles. The van der Waals surface area contributed by atoms with E-state index in [0.717, 1.165) is 29.4 Å². The number of aromatic nitrogens is 3. The Labute approximate surface area is 153 Å². The Morgan fingerprint density at radius 1 is 1.20 bits per heavy atom. The molecule has 1 heterocycles. The zero-order chi connectivity index (χ0) is 17.8. The minimum Gasteiger partial charge on any atom is -0.342 e. The van der Waals surface area contributed by atoms with Crippen molar-refractivity contribution in [3.8, 4) is 11.4 Å². The number of carbonyl (C=O) groups excluding carboxylic acids is 1. The molecule has 1 unspecified atom stereocenters. The molecule has 6 heteroatoms. The third-order valence-electron chi connectivity index (χ3n) is 4.97. The summed E-state index contributed by atoms with van der Waals surface area (Å²) in [5.74, 6) is 1.00. The van der Waals surface area contributed by atoms with E-state index in [1.807, 2.05) is 60.8 Å². The van der Waals surface area contributed by atoms with Crippen molar-refractivity contribution in [2.75, 3.05) is 7.05 Å². The lowest BCUT2D eigenvalue weighted by Gasteiger charge is -2.32. The maximum absolute atomic E-state index is 12.8. The average molecular weight is 359 g/mol. The van der Waals surface area contributed by atoms with Gasteiger partial charge in [-0.3, -0.25) is 4.79 Å². The molecule has 3 rings (SSSR count). The topological polar surface area (TPSA) is 51.0 Å². The molecule has 0 bridgehead atoms. The summed E-state index contributed by atoms with van der Waals surface area (Å²) >= 11 is 1.48. The Bertz CT molecular complexity index is 709. The second kappa shape index (κ2) is 8.04. The van der Waals surface area contributed by atoms with E-state index in [4.69, 9.17) is 0 Å². The van der Waals surface area contributed by atoms with Crippen LogP contribution in [0.2, 0.25) is 0 Å². The van der Waals surface area contributed by atoms with Gasteiger partial charge in [0.2, 0.25) is 5.91 Å². The van der Waals surface area contributed by atoms with Crippen molar-refractivity contribution in [1.29, 1.82) is 0 Å². The van der Waals surface area contributed by atoms with Crippen molar-refractivity contribution in [3.63, 3.8) is 0 Å². The van der Waals surface area contributed by atoms with E-state index in [2.05, 4.69) is 10.2 Å². The van der Waals surface area contributed by atoms with E-state index in [1.54, 1.807) is 0 Å². The molecule has 1 amide bonds. The van der Waals surface area contributed by atoms with Gasteiger partial charge < -0.3 is 9.47 Å². The quantitative estimate of drug-likeness (QED) is 0.764. The van der Waals surface area contributed by atoms with Crippen LogP contribution in [0.3, 0.4) is 0 Å². The molecule has 134 valence electrons. The van der Waals surface area contributed by atoms with Gasteiger partial charge in [0, 0.05) is 25.7 Å². The van der Waals surface area contributed by atoms with Crippen LogP contribution >= 0.6 is 11.8 Å². The fourth-order valence-corrected chi connectivity index (χ4v) is 4.32. The average Bonchev–Trinajstić information content (AvgIpc) is 3.02. The van der Waals surface area contributed by atoms with Crippen molar-refractivity contribution >= 4 is 17.7 Å². The van der Waals surface area contributed by atoms with Crippen molar-refractivity contribution in [2.24, 2.45) is 7.05 Å². The summed E-state index contributed by atoms with van der Waals surface area (Å²) in [6, 6.07) is 10.4. The van der Waals surface area contributed by atoms with Gasteiger partial charge in [-0.1, -0.05) is 61.4 Å². The summed E-state index contributed by atoms with van der Waals surface area (Å²) in [6.45, 7) is 1.96. The van der Waals surface area contributed by atoms with Crippen LogP contribution in [0.1, 0.15) is 39.0 Å². The van der Waals surface area contributed by atoms with Crippen LogP contribution in [0.25, 0.3) is 11.4 Å². The number of hydrogen-bond acceptors (Lipinski definition) is 4. The van der Waals surface area contributed by atoms with Crippen molar-refractivity contribution in [1.82, 2.24) is 19.7 Å². The molecular formula is C19H26N4OS. The van der Waals surface area contributed by atoms with Gasteiger partial charge in [-0.25, -0.2) is 0 Å². The zero-order valence-electron chi connectivity index (χ0n) is 15.2. The first-order chi connectivity index (χ1) is 12.1. The molecule has 1 fully saturated rings. The van der Waals surface area contributed by atoms with E-state index in [1.165, 1.54) is 31.0 Å². The molecule has 1 atom stereocenters. The zero-order valence-corrected chi connectivity index (χ0v) is 16.0. The number of thioether (sulfide) groups is 1. The van der Waals surface area contributed by atoms with Gasteiger partial charge in [0.15, 0.2) is 11.0 Å². The third-order valence-corrected chi connectivity index (χ3v) is 6.09. The molecule has 0 spiro atoms. The van der Waals surface area contributed by atoms with Crippen molar-refractivity contribution in [3.05, 3.63) is 30.3 Å². The second-order valence-electron chi connectivity index (χ2n) is 6.73. The number of rotatable bonds is 5. The maximum Gasteiger partial charge on any atom is 0.235 e. The largest absolute Gasteiger partial charge is 0.342 e. The molecule has 1 aliphatic rings. The first-order valence-electron chi connectivity index (χ1n) is 8.96. The highest BCUT2D eigenvalue weighted by atomic mass is 32.2. The van der Waals surface area contributed by atoms with Gasteiger partial charge in [-0.05, 0) is 19.8 Å². The van der Waals surface area contributed by atoms with Crippen LogP contribution in [0.15, 0.2) is 35.5 Å². The van der Waals surface area contributed by atoms with Gasteiger partial charge >= 0.3 is 0 Å². The summed E-state index contributed by atoms with van der Waals surface area (Å²) < 4.78 is 1.96. The fraction of sp³-hybridized carbons (Fsp3) is 0.526. The predicted molar refractivity (Wildman–Crippen MR) is 101 cm³/mol. The number of amides is 1. The van der Waals surface area contributed by atoms with Crippen molar-refractivity contribution < 1.29 is 4.79 Å². The lowest BCUT2D eigenvalue weighted by Crippen LogP contribution is -2.42. The Kier molecular flexibility index (Phi) is 5.78. The number of hydrogen-bond donors (Lipinski definition) is 0. The minimum atomic E-state index is -0.168. The Hall–Kier alpha value is -1.82. The predicted octanol–water partition coefficient (Wildman–Crippen LogP) is 3.75. The summed E-state index contributed by atoms with van der Waals surface area (Å²) in [5, 5.41) is 9.20. The van der Waals surface area contributed by atoms with Crippen molar-refractivity contribution in [2.45, 2.75) is 55.5 Å². The highest BCUT2D eigenvalue weighted by molar-refractivity contribution is 8.00. The van der Waals surface area contributed by atoms with Crippen LogP contribution < -0.4 is 0 Å². The van der Waals surface area contributed by atoms with E-state index < -0.39 is 0 Å². The SMILES string of the molecule is CC(Sc1nnc(-c2ccccc2)n1C)C(=O)N(C)C1CCCCC1. The smallest absolute Gasteiger partial charge is 0.235 e. The molecule has 25 heavy (non-hydrogen) atoms. The summed E-state index contributed by atoms with van der Waals surface area (Å²) in [5.41, 5.74) is 1.03. The van der Waals surface area contributed by atoms with E-state index in [9.17, 15) is 4.79 Å². The first-order valence-corrected chi connectivity index (χ1v) is 9.84. The first kappa shape index (κ1) is 18.0. The summed E-state index contributed by atoms with van der Waals surface area (Å²) in [7, 11) is 3.90. The van der Waals surface area contributed by atoms with Gasteiger partial charge in [-0.2, -0.15) is 0 Å². The Balaban J connectivity index is 1.67. The van der Waals surface area contributed by atoms with E-state index in [-0.39, 0.29) is 11.2 Å². The summed E-state index contributed by atoms with van der Waals surface area (Å²) in [6.07, 6.45) is 6.01. The second-order valence-corrected chi connectivity index (χ2v) is 8.04. The van der Waals surface area contributed by atoms with Gasteiger partial charge in [0.1, 0.15) is 0 Å². The highest BCUT2D eigenvalue weighted by Gasteiger charge is 2.27. The lowest BCUT2D eigenvalue weighted by atomic mass is 9.94. The molecule has 1 saturated carbocycles. The molecule has 5 nitrogen and oxygen atoms in total. The maximum atomic E-state index is 12.8. The monoisotopic (exact) mass is 358 g/mol. The number of carbonyl (C=O) groups is 1. The molecule has 1 aromatic carbocycles. The van der Waals surface area contributed by atoms with E-state index >= 15 is 0 Å². The minimum absolute atomic E-state index is 0.168. The Morgan fingerprint density at radius 2 is 1.88 bits per heavy atom. The van der Waals surface area contributed by atoms with Crippen LogP contribution in [0, 0.1) is 0 Å². The van der Waals surface area contributed by atoms with Gasteiger partial charge in [0.25, 0.3) is 0 Å². The fourth-order valence-electron chi connectivity index (χ4n) is 3.40. The van der Waals surface area contributed by atoms with Crippen LogP contribution in [-0.2, 0) is 11.8 Å². The Morgan fingerprint density at radius 3 is 2.56 bits per heavy atom. The molecule has 0 radical (unpaired) electrons.